The predicted octanol–water partition coefficient (Wildman–Crippen LogP) is 5.61. The van der Waals surface area contributed by atoms with Gasteiger partial charge in [0, 0.05) is 11.3 Å². The monoisotopic (exact) mass is 589 g/mol. The van der Waals surface area contributed by atoms with Gasteiger partial charge in [0.15, 0.2) is 6.29 Å². The molecule has 0 aliphatic heterocycles. The molecule has 0 fully saturated rings. The third-order valence-corrected chi connectivity index (χ3v) is 8.48. The second-order valence-corrected chi connectivity index (χ2v) is 13.6. The van der Waals surface area contributed by atoms with Gasteiger partial charge in [0.05, 0.1) is 31.4 Å². The van der Waals surface area contributed by atoms with Gasteiger partial charge in [-0.1, -0.05) is 31.6 Å². The second kappa shape index (κ2) is 17.7. The number of carbonyl (C=O) groups is 2. The summed E-state index contributed by atoms with van der Waals surface area (Å²) in [6.07, 6.45) is 0.598. The lowest BCUT2D eigenvalue weighted by Crippen LogP contribution is -2.40. The zero-order valence-electron chi connectivity index (χ0n) is 23.9. The molecule has 2 atom stereocenters. The summed E-state index contributed by atoms with van der Waals surface area (Å²) in [5.74, 6) is -0.226. The fourth-order valence-corrected chi connectivity index (χ4v) is 5.26. The van der Waals surface area contributed by atoms with Gasteiger partial charge >= 0.3 is 6.16 Å². The number of aliphatic hydroxyl groups is 1. The Morgan fingerprint density at radius 1 is 1.13 bits per heavy atom. The van der Waals surface area contributed by atoms with E-state index in [-0.39, 0.29) is 48.4 Å². The first kappa shape index (κ1) is 35.1. The number of nitroso groups, excluding NO2 is 1. The molecule has 1 heterocycles. The number of nitrogens with zero attached hydrogens (tertiary/aromatic N) is 2. The Kier molecular flexibility index (Phi) is 15.9. The fourth-order valence-electron chi connectivity index (χ4n) is 3.03. The summed E-state index contributed by atoms with van der Waals surface area (Å²) in [5.41, 5.74) is -0.0416. The Hall–Kier alpha value is -1.93. The molecule has 1 aromatic heterocycles. The van der Waals surface area contributed by atoms with E-state index >= 15 is 0 Å². The molecule has 13 heteroatoms. The van der Waals surface area contributed by atoms with E-state index < -0.39 is 18.5 Å². The van der Waals surface area contributed by atoms with Crippen molar-refractivity contribution in [1.29, 1.82) is 0 Å². The molecular weight excluding hydrogens is 546 g/mol. The van der Waals surface area contributed by atoms with E-state index in [0.717, 1.165) is 17.9 Å². The minimum Gasteiger partial charge on any atom is -0.434 e. The molecule has 1 aromatic rings. The summed E-state index contributed by atoms with van der Waals surface area (Å²) in [4.78, 5) is 38.7. The highest BCUT2D eigenvalue weighted by atomic mass is 33.1. The van der Waals surface area contributed by atoms with Crippen LogP contribution in [0.25, 0.3) is 0 Å². The van der Waals surface area contributed by atoms with E-state index in [1.54, 1.807) is 22.9 Å². The van der Waals surface area contributed by atoms with Crippen LogP contribution in [0.2, 0.25) is 0 Å². The minimum atomic E-state index is -0.928. The summed E-state index contributed by atoms with van der Waals surface area (Å²) in [5, 5.41) is 16.1. The number of hydrogen-bond acceptors (Lipinski definition) is 12. The quantitative estimate of drug-likeness (QED) is 0.0724. The van der Waals surface area contributed by atoms with E-state index in [2.05, 4.69) is 29.3 Å². The van der Waals surface area contributed by atoms with Crippen LogP contribution in [0.3, 0.4) is 0 Å². The molecule has 0 bridgehead atoms. The first-order valence-electron chi connectivity index (χ1n) is 12.9. The summed E-state index contributed by atoms with van der Waals surface area (Å²) in [7, 11) is 3.19. The van der Waals surface area contributed by atoms with Crippen molar-refractivity contribution in [3.63, 3.8) is 0 Å². The fraction of sp³-hybridized carbons (Fsp3) is 0.731. The summed E-state index contributed by atoms with van der Waals surface area (Å²) in [6.45, 7) is 13.6. The molecular formula is C26H43N3O8S2. The van der Waals surface area contributed by atoms with Crippen LogP contribution >= 0.6 is 21.6 Å². The average molecular weight is 590 g/mol. The zero-order chi connectivity index (χ0) is 29.5. The molecule has 0 saturated carbocycles. The van der Waals surface area contributed by atoms with Crippen LogP contribution in [0.4, 0.5) is 10.5 Å². The molecule has 1 rings (SSSR count). The molecule has 1 amide bonds. The SMILES string of the molecule is CC(C)OC(COC(=O)OCCC(=O)NCCCC(C)(C)SSc1ccc(N=O)cn1)OC(CO)C(C)(C)C. The molecule has 0 aliphatic carbocycles. The maximum Gasteiger partial charge on any atom is 0.508 e. The smallest absolute Gasteiger partial charge is 0.434 e. The average Bonchev–Trinajstić information content (AvgIpc) is 2.86. The van der Waals surface area contributed by atoms with Crippen molar-refractivity contribution in [2.24, 2.45) is 10.6 Å². The highest BCUT2D eigenvalue weighted by Gasteiger charge is 2.29. The van der Waals surface area contributed by atoms with Crippen LogP contribution in [-0.2, 0) is 23.7 Å². The van der Waals surface area contributed by atoms with Gasteiger partial charge in [-0.25, -0.2) is 9.78 Å². The van der Waals surface area contributed by atoms with Crippen molar-refractivity contribution in [2.75, 3.05) is 26.4 Å². The maximum absolute atomic E-state index is 12.1. The summed E-state index contributed by atoms with van der Waals surface area (Å²) in [6, 6.07) is 3.39. The molecule has 2 N–H and O–H groups in total. The number of aromatic nitrogens is 1. The lowest BCUT2D eigenvalue weighted by molar-refractivity contribution is -0.228. The molecule has 2 unspecified atom stereocenters. The lowest BCUT2D eigenvalue weighted by Gasteiger charge is -2.33. The Bertz CT molecular complexity index is 879. The van der Waals surface area contributed by atoms with Gasteiger partial charge in [0.1, 0.15) is 23.9 Å². The van der Waals surface area contributed by atoms with Crippen molar-refractivity contribution < 1.29 is 33.6 Å². The van der Waals surface area contributed by atoms with Crippen LogP contribution < -0.4 is 5.32 Å². The maximum atomic E-state index is 12.1. The van der Waals surface area contributed by atoms with Crippen molar-refractivity contribution in [3.05, 3.63) is 23.2 Å². The number of carbonyl (C=O) groups excluding carboxylic acids is 2. The van der Waals surface area contributed by atoms with Gasteiger partial charge in [-0.2, -0.15) is 0 Å². The number of hydrogen-bond donors (Lipinski definition) is 2. The minimum absolute atomic E-state index is 0.0133. The van der Waals surface area contributed by atoms with Crippen molar-refractivity contribution in [3.8, 4) is 0 Å². The molecule has 0 aromatic carbocycles. The van der Waals surface area contributed by atoms with Crippen molar-refractivity contribution >= 4 is 39.3 Å². The van der Waals surface area contributed by atoms with E-state index in [0.29, 0.717) is 12.2 Å². The number of ether oxygens (including phenoxy) is 4. The normalized spacial score (nSPS) is 13.6. The van der Waals surface area contributed by atoms with Crippen LogP contribution in [-0.4, -0.2) is 71.8 Å². The Balaban J connectivity index is 2.26. The summed E-state index contributed by atoms with van der Waals surface area (Å²) >= 11 is 0. The topological polar surface area (TPSA) is 146 Å². The third-order valence-electron chi connectivity index (χ3n) is 5.21. The third kappa shape index (κ3) is 16.1. The Labute approximate surface area is 239 Å². The van der Waals surface area contributed by atoms with Crippen molar-refractivity contribution in [2.45, 2.75) is 96.0 Å². The van der Waals surface area contributed by atoms with Crippen LogP contribution in [0, 0.1) is 10.3 Å². The van der Waals surface area contributed by atoms with Crippen molar-refractivity contribution in [1.82, 2.24) is 10.3 Å². The van der Waals surface area contributed by atoms with Crippen LogP contribution in [0.15, 0.2) is 28.5 Å². The molecule has 0 spiro atoms. The first-order valence-corrected chi connectivity index (χ1v) is 15.0. The van der Waals surface area contributed by atoms with E-state index in [1.807, 2.05) is 34.6 Å². The van der Waals surface area contributed by atoms with E-state index in [4.69, 9.17) is 18.9 Å². The number of pyridine rings is 1. The van der Waals surface area contributed by atoms with Gasteiger partial charge in [-0.05, 0) is 74.1 Å². The standard InChI is InChI=1S/C26H43N3O8S2/c1-18(2)36-23(37-20(16-30)25(3,4)5)17-35-24(32)34-14-11-21(31)27-13-8-12-26(6,7)39-38-22-10-9-19(29-33)15-28-22/h9-10,15,18,20,23,30H,8,11-14,16-17H2,1-7H3,(H,27,31). The van der Waals surface area contributed by atoms with E-state index in [1.165, 1.54) is 17.0 Å². The zero-order valence-corrected chi connectivity index (χ0v) is 25.6. The first-order chi connectivity index (χ1) is 18.3. The molecule has 222 valence electrons. The highest BCUT2D eigenvalue weighted by molar-refractivity contribution is 8.77. The number of rotatable bonds is 18. The molecule has 0 aliphatic rings. The van der Waals surface area contributed by atoms with Gasteiger partial charge in [-0.15, -0.1) is 4.91 Å². The van der Waals surface area contributed by atoms with Gasteiger partial charge in [-0.3, -0.25) is 4.79 Å². The van der Waals surface area contributed by atoms with Gasteiger partial charge in [0.2, 0.25) is 5.91 Å². The Morgan fingerprint density at radius 3 is 2.41 bits per heavy atom. The van der Waals surface area contributed by atoms with E-state index in [9.17, 15) is 19.6 Å². The van der Waals surface area contributed by atoms with Gasteiger partial charge < -0.3 is 29.4 Å². The second-order valence-electron chi connectivity index (χ2n) is 10.8. The van der Waals surface area contributed by atoms with Gasteiger partial charge in [0.25, 0.3) is 0 Å². The largest absolute Gasteiger partial charge is 0.508 e. The Morgan fingerprint density at radius 2 is 1.85 bits per heavy atom. The molecule has 11 nitrogen and oxygen atoms in total. The number of aliphatic hydroxyl groups excluding tert-OH is 1. The summed E-state index contributed by atoms with van der Waals surface area (Å²) < 4.78 is 21.5. The highest BCUT2D eigenvalue weighted by Crippen LogP contribution is 2.42. The molecule has 0 saturated heterocycles. The predicted molar refractivity (Wildman–Crippen MR) is 153 cm³/mol. The molecule has 0 radical (unpaired) electrons. The lowest BCUT2D eigenvalue weighted by atomic mass is 9.89. The van der Waals surface area contributed by atoms with Crippen LogP contribution in [0.1, 0.15) is 67.7 Å². The number of nitrogens with one attached hydrogen (secondary N) is 1. The number of amides is 1. The van der Waals surface area contributed by atoms with Crippen LogP contribution in [0.5, 0.6) is 0 Å². The molecule has 39 heavy (non-hydrogen) atoms.